The first kappa shape index (κ1) is 19.2. The summed E-state index contributed by atoms with van der Waals surface area (Å²) in [5.41, 5.74) is 2.40. The van der Waals surface area contributed by atoms with E-state index >= 15 is 0 Å². The number of aromatic nitrogens is 3. The molecule has 0 saturated heterocycles. The van der Waals surface area contributed by atoms with Crippen LogP contribution in [0.4, 0.5) is 0 Å². The molecule has 4 aromatic rings. The Bertz CT molecular complexity index is 1360. The second-order valence-electron chi connectivity index (χ2n) is 7.08. The zero-order valence-corrected chi connectivity index (χ0v) is 17.7. The first-order valence-electron chi connectivity index (χ1n) is 9.27. The van der Waals surface area contributed by atoms with E-state index in [1.54, 1.807) is 12.3 Å². The summed E-state index contributed by atoms with van der Waals surface area (Å²) in [5.74, 6) is 3.33. The summed E-state index contributed by atoms with van der Waals surface area (Å²) in [4.78, 5) is 17.8. The van der Waals surface area contributed by atoms with E-state index in [4.69, 9.17) is 6.42 Å². The molecule has 0 amide bonds. The lowest BCUT2D eigenvalue weighted by atomic mass is 10.2. The van der Waals surface area contributed by atoms with Gasteiger partial charge in [-0.05, 0) is 24.3 Å². The zero-order chi connectivity index (χ0) is 20.5. The summed E-state index contributed by atoms with van der Waals surface area (Å²) < 4.78 is 4.22. The number of rotatable bonds is 4. The van der Waals surface area contributed by atoms with Crippen molar-refractivity contribution < 1.29 is 0 Å². The molecule has 0 aliphatic heterocycles. The molecule has 0 fully saturated rings. The lowest BCUT2D eigenvalue weighted by Crippen LogP contribution is -2.23. The van der Waals surface area contributed by atoms with Gasteiger partial charge in [0.2, 0.25) is 0 Å². The van der Waals surface area contributed by atoms with Crippen LogP contribution in [0.15, 0.2) is 63.0 Å². The highest BCUT2D eigenvalue weighted by Gasteiger charge is 2.14. The fraction of sp³-hybridized carbons (Fsp3) is 0.174. The number of hydrogen-bond donors (Lipinski definition) is 0. The summed E-state index contributed by atoms with van der Waals surface area (Å²) in [6, 6.07) is 13.5. The average molecular weight is 447 g/mol. The molecule has 2 heterocycles. The Morgan fingerprint density at radius 1 is 1.24 bits per heavy atom. The van der Waals surface area contributed by atoms with E-state index in [1.807, 2.05) is 61.0 Å². The Morgan fingerprint density at radius 2 is 2.03 bits per heavy atom. The van der Waals surface area contributed by atoms with Gasteiger partial charge in [0, 0.05) is 33.1 Å². The average Bonchev–Trinajstić information content (AvgIpc) is 3.05. The van der Waals surface area contributed by atoms with Crippen LogP contribution in [0, 0.1) is 12.3 Å². The number of fused-ring (bicyclic) bond motifs is 2. The van der Waals surface area contributed by atoms with Crippen LogP contribution in [-0.4, -0.2) is 20.4 Å². The quantitative estimate of drug-likeness (QED) is 0.335. The van der Waals surface area contributed by atoms with Crippen molar-refractivity contribution in [3.8, 4) is 12.3 Å². The molecule has 29 heavy (non-hydrogen) atoms. The normalized spacial score (nSPS) is 11.7. The van der Waals surface area contributed by atoms with Gasteiger partial charge in [0.25, 0.3) is 5.56 Å². The summed E-state index contributed by atoms with van der Waals surface area (Å²) in [7, 11) is 0. The van der Waals surface area contributed by atoms with Gasteiger partial charge in [-0.1, -0.05) is 53.9 Å². The topological polar surface area (TPSA) is 52.2 Å². The highest BCUT2D eigenvalue weighted by Crippen LogP contribution is 2.21. The fourth-order valence-electron chi connectivity index (χ4n) is 3.38. The van der Waals surface area contributed by atoms with Crippen molar-refractivity contribution >= 4 is 44.0 Å². The van der Waals surface area contributed by atoms with Crippen LogP contribution >= 0.6 is 15.9 Å². The van der Waals surface area contributed by atoms with Crippen LogP contribution in [0.25, 0.3) is 21.8 Å². The Morgan fingerprint density at radius 3 is 2.79 bits per heavy atom. The second-order valence-corrected chi connectivity index (χ2v) is 8.00. The zero-order valence-electron chi connectivity index (χ0n) is 16.1. The van der Waals surface area contributed by atoms with Gasteiger partial charge in [-0.3, -0.25) is 4.79 Å². The van der Waals surface area contributed by atoms with E-state index in [-0.39, 0.29) is 11.5 Å². The summed E-state index contributed by atoms with van der Waals surface area (Å²) in [5, 5.41) is 6.09. The standard InChI is InChI=1S/C23H19BrN4O/c1-4-11-27-14-16(18-7-5-6-8-21(18)27)13-25-28-22(15(2)3)26-20-10-9-17(24)12-19(20)23(28)29/h1,5-10,12-15H,11H2,2-3H3. The summed E-state index contributed by atoms with van der Waals surface area (Å²) in [6.45, 7) is 4.46. The first-order valence-corrected chi connectivity index (χ1v) is 10.1. The van der Waals surface area contributed by atoms with Crippen molar-refractivity contribution in [3.63, 3.8) is 0 Å². The molecule has 4 rings (SSSR count). The molecule has 2 aromatic heterocycles. The molecular weight excluding hydrogens is 428 g/mol. The maximum Gasteiger partial charge on any atom is 0.282 e. The molecule has 0 atom stereocenters. The molecule has 0 aliphatic carbocycles. The molecule has 2 aromatic carbocycles. The number of benzene rings is 2. The van der Waals surface area contributed by atoms with Crippen molar-refractivity contribution in [2.75, 3.05) is 0 Å². The first-order chi connectivity index (χ1) is 14.0. The van der Waals surface area contributed by atoms with Crippen molar-refractivity contribution in [3.05, 3.63) is 74.9 Å². The van der Waals surface area contributed by atoms with Gasteiger partial charge in [-0.25, -0.2) is 4.98 Å². The Balaban J connectivity index is 1.90. The predicted molar refractivity (Wildman–Crippen MR) is 122 cm³/mol. The largest absolute Gasteiger partial charge is 0.335 e. The number of hydrogen-bond acceptors (Lipinski definition) is 3. The van der Waals surface area contributed by atoms with Crippen molar-refractivity contribution in [2.24, 2.45) is 5.10 Å². The fourth-order valence-corrected chi connectivity index (χ4v) is 3.74. The molecule has 0 saturated carbocycles. The van der Waals surface area contributed by atoms with Crippen LogP contribution < -0.4 is 5.56 Å². The lowest BCUT2D eigenvalue weighted by Gasteiger charge is -2.11. The van der Waals surface area contributed by atoms with Crippen molar-refractivity contribution in [1.29, 1.82) is 0 Å². The van der Waals surface area contributed by atoms with E-state index in [9.17, 15) is 4.79 Å². The molecule has 0 radical (unpaired) electrons. The third-order valence-corrected chi connectivity index (χ3v) is 5.24. The maximum absolute atomic E-state index is 13.2. The van der Waals surface area contributed by atoms with Gasteiger partial charge in [-0.15, -0.1) is 6.42 Å². The van der Waals surface area contributed by atoms with Gasteiger partial charge in [0.15, 0.2) is 0 Å². The van der Waals surface area contributed by atoms with E-state index in [2.05, 4.69) is 31.9 Å². The molecule has 0 unspecified atom stereocenters. The van der Waals surface area contributed by atoms with Crippen molar-refractivity contribution in [2.45, 2.75) is 26.3 Å². The minimum Gasteiger partial charge on any atom is -0.335 e. The summed E-state index contributed by atoms with van der Waals surface area (Å²) >= 11 is 3.43. The molecule has 0 N–H and O–H groups in total. The van der Waals surface area contributed by atoms with Crippen LogP contribution in [0.3, 0.4) is 0 Å². The Kier molecular flexibility index (Phi) is 5.08. The number of terminal acetylenes is 1. The third kappa shape index (κ3) is 3.50. The van der Waals surface area contributed by atoms with Crippen LogP contribution in [0.5, 0.6) is 0 Å². The van der Waals surface area contributed by atoms with Crippen LogP contribution in [0.2, 0.25) is 0 Å². The van der Waals surface area contributed by atoms with E-state index in [0.29, 0.717) is 23.3 Å². The molecule has 144 valence electrons. The predicted octanol–water partition coefficient (Wildman–Crippen LogP) is 4.75. The minimum absolute atomic E-state index is 0.0377. The monoisotopic (exact) mass is 446 g/mol. The van der Waals surface area contributed by atoms with E-state index in [0.717, 1.165) is 20.9 Å². The summed E-state index contributed by atoms with van der Waals surface area (Å²) in [6.07, 6.45) is 9.16. The number of nitrogens with zero attached hydrogens (tertiary/aromatic N) is 4. The lowest BCUT2D eigenvalue weighted by molar-refractivity contribution is 0.665. The van der Waals surface area contributed by atoms with Crippen molar-refractivity contribution in [1.82, 2.24) is 14.2 Å². The highest BCUT2D eigenvalue weighted by molar-refractivity contribution is 9.10. The third-order valence-electron chi connectivity index (χ3n) is 4.74. The molecule has 0 bridgehead atoms. The van der Waals surface area contributed by atoms with E-state index in [1.165, 1.54) is 4.68 Å². The van der Waals surface area contributed by atoms with Gasteiger partial charge >= 0.3 is 0 Å². The highest BCUT2D eigenvalue weighted by atomic mass is 79.9. The molecule has 0 spiro atoms. The second kappa shape index (κ2) is 7.69. The Hall–Kier alpha value is -3.17. The van der Waals surface area contributed by atoms with Crippen LogP contribution in [-0.2, 0) is 6.54 Å². The number of halogens is 1. The maximum atomic E-state index is 13.2. The molecule has 5 nitrogen and oxygen atoms in total. The van der Waals surface area contributed by atoms with Gasteiger partial charge in [-0.2, -0.15) is 9.78 Å². The van der Waals surface area contributed by atoms with Gasteiger partial charge in [0.05, 0.1) is 23.7 Å². The van der Waals surface area contributed by atoms with E-state index < -0.39 is 0 Å². The van der Waals surface area contributed by atoms with Gasteiger partial charge < -0.3 is 4.57 Å². The van der Waals surface area contributed by atoms with Crippen LogP contribution in [0.1, 0.15) is 31.2 Å². The molecular formula is C23H19BrN4O. The van der Waals surface area contributed by atoms with Gasteiger partial charge in [0.1, 0.15) is 5.82 Å². The number of para-hydroxylation sites is 1. The smallest absolute Gasteiger partial charge is 0.282 e. The molecule has 0 aliphatic rings. The SMILES string of the molecule is C#CCn1cc(C=Nn2c(C(C)C)nc3ccc(Br)cc3c2=O)c2ccccc21. The molecule has 6 heteroatoms. The Labute approximate surface area is 176 Å². The minimum atomic E-state index is -0.191.